The van der Waals surface area contributed by atoms with E-state index in [1.165, 1.54) is 23.0 Å². The summed E-state index contributed by atoms with van der Waals surface area (Å²) in [6.45, 7) is 2.61. The van der Waals surface area contributed by atoms with E-state index in [0.717, 1.165) is 18.4 Å². The zero-order valence-electron chi connectivity index (χ0n) is 18.9. The molecule has 1 aliphatic heterocycles. The number of Topliss-reactive ketones (excluding diaryl/α,β-unsaturated/α-hetero) is 1. The summed E-state index contributed by atoms with van der Waals surface area (Å²) < 4.78 is 28.7. The third-order valence-electron chi connectivity index (χ3n) is 5.56. The molecular formula is C23H25N5O4S2. The number of thioether (sulfide) groups is 1. The average Bonchev–Trinajstić information content (AvgIpc) is 3.49. The summed E-state index contributed by atoms with van der Waals surface area (Å²) in [5.74, 6) is 0.469. The summed E-state index contributed by atoms with van der Waals surface area (Å²) in [5.41, 5.74) is 1.93. The monoisotopic (exact) mass is 499 g/mol. The molecule has 2 heterocycles. The van der Waals surface area contributed by atoms with Crippen LogP contribution >= 0.6 is 11.8 Å². The molecule has 0 aliphatic carbocycles. The van der Waals surface area contributed by atoms with E-state index in [1.54, 1.807) is 60.1 Å². The first-order chi connectivity index (χ1) is 16.3. The second-order valence-electron chi connectivity index (χ2n) is 7.97. The number of hydrogen-bond donors (Lipinski definition) is 1. The number of nitrogens with one attached hydrogen (secondary N) is 1. The fraction of sp³-hybridized carbons (Fsp3) is 0.304. The smallest absolute Gasteiger partial charge is 0.243 e. The van der Waals surface area contributed by atoms with E-state index in [-0.39, 0.29) is 22.3 Å². The molecule has 2 aromatic carbocycles. The fourth-order valence-electron chi connectivity index (χ4n) is 3.66. The van der Waals surface area contributed by atoms with Crippen LogP contribution in [0.2, 0.25) is 0 Å². The maximum absolute atomic E-state index is 12.7. The Hall–Kier alpha value is -3.02. The van der Waals surface area contributed by atoms with Crippen LogP contribution in [0.1, 0.15) is 30.1 Å². The number of anilines is 1. The molecule has 0 atom stereocenters. The zero-order chi connectivity index (χ0) is 24.3. The van der Waals surface area contributed by atoms with Gasteiger partial charge in [-0.2, -0.15) is 4.31 Å². The number of carbonyl (C=O) groups is 2. The molecule has 4 rings (SSSR count). The molecule has 0 bridgehead atoms. The lowest BCUT2D eigenvalue weighted by molar-refractivity contribution is -0.113. The topological polar surface area (TPSA) is 114 Å². The Morgan fingerprint density at radius 3 is 2.26 bits per heavy atom. The Labute approximate surface area is 202 Å². The molecule has 1 aliphatic rings. The van der Waals surface area contributed by atoms with Crippen LogP contribution in [-0.4, -0.2) is 58.0 Å². The van der Waals surface area contributed by atoms with Gasteiger partial charge in [-0.1, -0.05) is 11.8 Å². The van der Waals surface area contributed by atoms with Gasteiger partial charge in [-0.05, 0) is 68.3 Å². The third kappa shape index (κ3) is 5.21. The summed E-state index contributed by atoms with van der Waals surface area (Å²) in [4.78, 5) is 23.9. The van der Waals surface area contributed by atoms with Crippen molar-refractivity contribution in [3.63, 3.8) is 0 Å². The number of aromatic nitrogens is 3. The van der Waals surface area contributed by atoms with Gasteiger partial charge in [-0.3, -0.25) is 9.59 Å². The maximum atomic E-state index is 12.7. The van der Waals surface area contributed by atoms with E-state index >= 15 is 0 Å². The Morgan fingerprint density at radius 2 is 1.65 bits per heavy atom. The van der Waals surface area contributed by atoms with Gasteiger partial charge in [0.25, 0.3) is 0 Å². The maximum Gasteiger partial charge on any atom is 0.243 e. The van der Waals surface area contributed by atoms with Crippen LogP contribution in [0.5, 0.6) is 0 Å². The minimum Gasteiger partial charge on any atom is -0.325 e. The largest absolute Gasteiger partial charge is 0.325 e. The minimum absolute atomic E-state index is 0.0330. The van der Waals surface area contributed by atoms with E-state index in [9.17, 15) is 18.0 Å². The molecule has 3 aromatic rings. The van der Waals surface area contributed by atoms with Crippen molar-refractivity contribution in [3.05, 3.63) is 54.1 Å². The number of amides is 1. The Kier molecular flexibility index (Phi) is 7.15. The molecule has 1 fully saturated rings. The van der Waals surface area contributed by atoms with Crippen molar-refractivity contribution in [2.24, 2.45) is 7.05 Å². The molecule has 1 aromatic heterocycles. The van der Waals surface area contributed by atoms with Crippen molar-refractivity contribution in [2.75, 3.05) is 24.2 Å². The SMILES string of the molecule is CC(=O)c1ccc(NC(=O)CSc2nnc(-c3ccc(S(=O)(=O)N4CCCC4)cc3)n2C)cc1. The molecule has 34 heavy (non-hydrogen) atoms. The quantitative estimate of drug-likeness (QED) is 0.374. The van der Waals surface area contributed by atoms with Crippen LogP contribution in [0.15, 0.2) is 58.6 Å². The first kappa shape index (κ1) is 24.1. The highest BCUT2D eigenvalue weighted by atomic mass is 32.2. The first-order valence-electron chi connectivity index (χ1n) is 10.8. The first-order valence-corrected chi connectivity index (χ1v) is 13.2. The molecule has 0 radical (unpaired) electrons. The van der Waals surface area contributed by atoms with Crippen LogP contribution in [0.25, 0.3) is 11.4 Å². The number of ketones is 1. The molecule has 11 heteroatoms. The number of sulfonamides is 1. The lowest BCUT2D eigenvalue weighted by Crippen LogP contribution is -2.27. The highest BCUT2D eigenvalue weighted by Crippen LogP contribution is 2.26. The van der Waals surface area contributed by atoms with Gasteiger partial charge in [-0.25, -0.2) is 8.42 Å². The highest BCUT2D eigenvalue weighted by Gasteiger charge is 2.27. The van der Waals surface area contributed by atoms with Crippen molar-refractivity contribution in [2.45, 2.75) is 29.8 Å². The van der Waals surface area contributed by atoms with Gasteiger partial charge >= 0.3 is 0 Å². The predicted octanol–water partition coefficient (Wildman–Crippen LogP) is 3.20. The van der Waals surface area contributed by atoms with E-state index in [0.29, 0.717) is 35.3 Å². The van der Waals surface area contributed by atoms with Crippen molar-refractivity contribution in [1.82, 2.24) is 19.1 Å². The lowest BCUT2D eigenvalue weighted by Gasteiger charge is -2.15. The Balaban J connectivity index is 1.38. The average molecular weight is 500 g/mol. The third-order valence-corrected chi connectivity index (χ3v) is 8.49. The van der Waals surface area contributed by atoms with Gasteiger partial charge in [0.05, 0.1) is 10.6 Å². The standard InChI is InChI=1S/C23H25N5O4S2/c1-16(29)17-5-9-19(10-6-17)24-21(30)15-33-23-26-25-22(27(23)2)18-7-11-20(12-8-18)34(31,32)28-13-3-4-14-28/h5-12H,3-4,13-15H2,1-2H3,(H,24,30). The number of rotatable bonds is 8. The number of nitrogens with zero attached hydrogens (tertiary/aromatic N) is 4. The van der Waals surface area contributed by atoms with Crippen LogP contribution in [0.3, 0.4) is 0 Å². The second-order valence-corrected chi connectivity index (χ2v) is 10.9. The zero-order valence-corrected chi connectivity index (χ0v) is 20.5. The molecule has 9 nitrogen and oxygen atoms in total. The highest BCUT2D eigenvalue weighted by molar-refractivity contribution is 7.99. The fourth-order valence-corrected chi connectivity index (χ4v) is 5.89. The predicted molar refractivity (Wildman–Crippen MR) is 130 cm³/mol. The Morgan fingerprint density at radius 1 is 1.00 bits per heavy atom. The minimum atomic E-state index is -3.47. The number of carbonyl (C=O) groups excluding carboxylic acids is 2. The molecule has 0 unspecified atom stereocenters. The van der Waals surface area contributed by atoms with Crippen LogP contribution < -0.4 is 5.32 Å². The molecule has 1 amide bonds. The molecule has 0 saturated carbocycles. The molecule has 0 spiro atoms. The van der Waals surface area contributed by atoms with Gasteiger partial charge < -0.3 is 9.88 Å². The van der Waals surface area contributed by atoms with Crippen LogP contribution in [-0.2, 0) is 21.9 Å². The van der Waals surface area contributed by atoms with Crippen molar-refractivity contribution in [3.8, 4) is 11.4 Å². The van der Waals surface area contributed by atoms with Gasteiger partial charge in [-0.15, -0.1) is 10.2 Å². The second kappa shape index (κ2) is 10.1. The summed E-state index contributed by atoms with van der Waals surface area (Å²) in [7, 11) is -1.67. The van der Waals surface area contributed by atoms with E-state index < -0.39 is 10.0 Å². The number of benzene rings is 2. The summed E-state index contributed by atoms with van der Waals surface area (Å²) in [5, 5.41) is 11.7. The summed E-state index contributed by atoms with van der Waals surface area (Å²) in [6.07, 6.45) is 1.78. The molecular weight excluding hydrogens is 474 g/mol. The van der Waals surface area contributed by atoms with Crippen LogP contribution in [0, 0.1) is 0 Å². The lowest BCUT2D eigenvalue weighted by atomic mass is 10.1. The summed E-state index contributed by atoms with van der Waals surface area (Å²) in [6, 6.07) is 13.3. The van der Waals surface area contributed by atoms with Crippen molar-refractivity contribution < 1.29 is 18.0 Å². The molecule has 178 valence electrons. The van der Waals surface area contributed by atoms with Crippen molar-refractivity contribution in [1.29, 1.82) is 0 Å². The van der Waals surface area contributed by atoms with Gasteiger partial charge in [0.2, 0.25) is 15.9 Å². The van der Waals surface area contributed by atoms with Gasteiger partial charge in [0, 0.05) is 37.0 Å². The normalized spacial score (nSPS) is 14.3. The van der Waals surface area contributed by atoms with E-state index in [4.69, 9.17) is 0 Å². The number of hydrogen-bond acceptors (Lipinski definition) is 7. The van der Waals surface area contributed by atoms with Gasteiger partial charge in [0.15, 0.2) is 16.8 Å². The van der Waals surface area contributed by atoms with Crippen molar-refractivity contribution >= 4 is 39.2 Å². The molecule has 1 saturated heterocycles. The van der Waals surface area contributed by atoms with E-state index in [2.05, 4.69) is 15.5 Å². The van der Waals surface area contributed by atoms with E-state index in [1.807, 2.05) is 0 Å². The molecule has 1 N–H and O–H groups in total. The van der Waals surface area contributed by atoms with Crippen LogP contribution in [0.4, 0.5) is 5.69 Å². The van der Waals surface area contributed by atoms with Gasteiger partial charge in [0.1, 0.15) is 0 Å². The summed E-state index contributed by atoms with van der Waals surface area (Å²) >= 11 is 1.24. The Bertz CT molecular complexity index is 1300.